The molecular formula is C13H10ClFN2S. The Morgan fingerprint density at radius 1 is 1.50 bits per heavy atom. The molecule has 1 heterocycles. The van der Waals surface area contributed by atoms with E-state index in [1.54, 1.807) is 6.07 Å². The summed E-state index contributed by atoms with van der Waals surface area (Å²) in [5, 5.41) is 9.44. The highest BCUT2D eigenvalue weighted by Gasteiger charge is 2.18. The summed E-state index contributed by atoms with van der Waals surface area (Å²) in [6, 6.07) is 6.40. The standard InChI is InChI=1S/C13H10ClFN2S/c1-2-8-12(17)11(6-16)18-13(8)9-5-7(14)3-4-10(9)15/h3-5H,2,17H2,1H3. The zero-order valence-electron chi connectivity index (χ0n) is 9.63. The first-order chi connectivity index (χ1) is 8.58. The van der Waals surface area contributed by atoms with E-state index in [4.69, 9.17) is 22.6 Å². The lowest BCUT2D eigenvalue weighted by Gasteiger charge is -2.04. The van der Waals surface area contributed by atoms with Crippen LogP contribution in [0.3, 0.4) is 0 Å². The zero-order valence-corrected chi connectivity index (χ0v) is 11.2. The molecule has 0 saturated heterocycles. The molecule has 5 heteroatoms. The largest absolute Gasteiger partial charge is 0.397 e. The second kappa shape index (κ2) is 4.97. The average molecular weight is 281 g/mol. The van der Waals surface area contributed by atoms with Gasteiger partial charge in [0.25, 0.3) is 0 Å². The fourth-order valence-corrected chi connectivity index (χ4v) is 3.10. The SMILES string of the molecule is CCc1c(-c2cc(Cl)ccc2F)sc(C#N)c1N. The summed E-state index contributed by atoms with van der Waals surface area (Å²) < 4.78 is 13.8. The van der Waals surface area contributed by atoms with Crippen molar-refractivity contribution in [3.63, 3.8) is 0 Å². The lowest BCUT2D eigenvalue weighted by atomic mass is 10.1. The molecule has 0 spiro atoms. The number of thiophene rings is 1. The highest BCUT2D eigenvalue weighted by atomic mass is 35.5. The van der Waals surface area contributed by atoms with E-state index in [0.29, 0.717) is 32.4 Å². The van der Waals surface area contributed by atoms with Gasteiger partial charge >= 0.3 is 0 Å². The van der Waals surface area contributed by atoms with Gasteiger partial charge in [-0.05, 0) is 30.2 Å². The Morgan fingerprint density at radius 3 is 2.83 bits per heavy atom. The van der Waals surface area contributed by atoms with E-state index in [9.17, 15) is 4.39 Å². The number of rotatable bonds is 2. The second-order valence-electron chi connectivity index (χ2n) is 3.74. The molecule has 0 fully saturated rings. The van der Waals surface area contributed by atoms with Crippen molar-refractivity contribution in [2.24, 2.45) is 0 Å². The highest BCUT2D eigenvalue weighted by Crippen LogP contribution is 2.40. The van der Waals surface area contributed by atoms with Gasteiger partial charge in [-0.2, -0.15) is 5.26 Å². The summed E-state index contributed by atoms with van der Waals surface area (Å²) in [5.74, 6) is -0.361. The predicted octanol–water partition coefficient (Wildman–Crippen LogP) is 4.22. The van der Waals surface area contributed by atoms with Gasteiger partial charge in [-0.15, -0.1) is 11.3 Å². The van der Waals surface area contributed by atoms with E-state index in [1.165, 1.54) is 23.5 Å². The van der Waals surface area contributed by atoms with Crippen molar-refractivity contribution in [3.8, 4) is 16.5 Å². The quantitative estimate of drug-likeness (QED) is 0.895. The van der Waals surface area contributed by atoms with E-state index >= 15 is 0 Å². The minimum absolute atomic E-state index is 0.361. The van der Waals surface area contributed by atoms with Gasteiger partial charge in [-0.3, -0.25) is 0 Å². The van der Waals surface area contributed by atoms with Crippen molar-refractivity contribution in [1.82, 2.24) is 0 Å². The van der Waals surface area contributed by atoms with Crippen molar-refractivity contribution in [2.45, 2.75) is 13.3 Å². The molecule has 0 aliphatic carbocycles. The van der Waals surface area contributed by atoms with Crippen LogP contribution < -0.4 is 5.73 Å². The third-order valence-electron chi connectivity index (χ3n) is 2.68. The normalized spacial score (nSPS) is 10.3. The second-order valence-corrected chi connectivity index (χ2v) is 5.20. The third kappa shape index (κ3) is 2.07. The smallest absolute Gasteiger partial charge is 0.131 e. The Morgan fingerprint density at radius 2 is 2.22 bits per heavy atom. The van der Waals surface area contributed by atoms with Crippen LogP contribution in [-0.2, 0) is 6.42 Å². The van der Waals surface area contributed by atoms with Gasteiger partial charge in [0.1, 0.15) is 16.8 Å². The fourth-order valence-electron chi connectivity index (χ4n) is 1.80. The lowest BCUT2D eigenvalue weighted by Crippen LogP contribution is -1.92. The molecule has 2 N–H and O–H groups in total. The molecule has 0 saturated carbocycles. The summed E-state index contributed by atoms with van der Waals surface area (Å²) in [6.07, 6.45) is 0.644. The van der Waals surface area contributed by atoms with E-state index in [2.05, 4.69) is 0 Å². The Bertz CT molecular complexity index is 643. The number of hydrogen-bond donors (Lipinski definition) is 1. The van der Waals surface area contributed by atoms with Gasteiger partial charge in [0, 0.05) is 15.5 Å². The number of nitrogen functional groups attached to an aromatic ring is 1. The summed E-state index contributed by atoms with van der Waals surface area (Å²) in [5.41, 5.74) is 7.53. The maximum Gasteiger partial charge on any atom is 0.131 e. The number of halogens is 2. The number of hydrogen-bond acceptors (Lipinski definition) is 3. The van der Waals surface area contributed by atoms with Crippen molar-refractivity contribution in [1.29, 1.82) is 5.26 Å². The summed E-state index contributed by atoms with van der Waals surface area (Å²) in [7, 11) is 0. The van der Waals surface area contributed by atoms with Crippen molar-refractivity contribution in [2.75, 3.05) is 5.73 Å². The van der Waals surface area contributed by atoms with Gasteiger partial charge in [0.15, 0.2) is 0 Å². The van der Waals surface area contributed by atoms with Crippen molar-refractivity contribution >= 4 is 28.6 Å². The highest BCUT2D eigenvalue weighted by molar-refractivity contribution is 7.16. The van der Waals surface area contributed by atoms with E-state index in [0.717, 1.165) is 5.56 Å². The van der Waals surface area contributed by atoms with Crippen LogP contribution in [0.4, 0.5) is 10.1 Å². The van der Waals surface area contributed by atoms with Crippen molar-refractivity contribution < 1.29 is 4.39 Å². The molecule has 92 valence electrons. The monoisotopic (exact) mass is 280 g/mol. The number of nitriles is 1. The van der Waals surface area contributed by atoms with Crippen LogP contribution in [-0.4, -0.2) is 0 Å². The molecule has 0 amide bonds. The van der Waals surface area contributed by atoms with Crippen LogP contribution in [0.5, 0.6) is 0 Å². The summed E-state index contributed by atoms with van der Waals surface area (Å²) in [4.78, 5) is 1.10. The Hall–Kier alpha value is -1.57. The molecule has 2 nitrogen and oxygen atoms in total. The Kier molecular flexibility index (Phi) is 3.55. The molecule has 18 heavy (non-hydrogen) atoms. The maximum absolute atomic E-state index is 13.8. The lowest BCUT2D eigenvalue weighted by molar-refractivity contribution is 0.631. The first kappa shape index (κ1) is 12.9. The number of anilines is 1. The average Bonchev–Trinajstić information content (AvgIpc) is 2.68. The molecule has 2 aromatic rings. The third-order valence-corrected chi connectivity index (χ3v) is 4.10. The van der Waals surface area contributed by atoms with Crippen LogP contribution in [0, 0.1) is 17.1 Å². The molecular weight excluding hydrogens is 271 g/mol. The van der Waals surface area contributed by atoms with E-state index in [1.807, 2.05) is 13.0 Å². The fraction of sp³-hybridized carbons (Fsp3) is 0.154. The summed E-state index contributed by atoms with van der Waals surface area (Å²) >= 11 is 7.09. The van der Waals surface area contributed by atoms with Crippen LogP contribution in [0.15, 0.2) is 18.2 Å². The minimum Gasteiger partial charge on any atom is -0.397 e. The van der Waals surface area contributed by atoms with E-state index < -0.39 is 0 Å². The number of benzene rings is 1. The van der Waals surface area contributed by atoms with Gasteiger partial charge < -0.3 is 5.73 Å². The first-order valence-electron chi connectivity index (χ1n) is 5.35. The molecule has 0 radical (unpaired) electrons. The van der Waals surface area contributed by atoms with Crippen LogP contribution in [0.1, 0.15) is 17.4 Å². The minimum atomic E-state index is -0.361. The van der Waals surface area contributed by atoms with Gasteiger partial charge in [-0.1, -0.05) is 18.5 Å². The van der Waals surface area contributed by atoms with E-state index in [-0.39, 0.29) is 5.82 Å². The molecule has 0 bridgehead atoms. The molecule has 0 unspecified atom stereocenters. The maximum atomic E-state index is 13.8. The van der Waals surface area contributed by atoms with Gasteiger partial charge in [-0.25, -0.2) is 4.39 Å². The number of nitrogens with two attached hydrogens (primary N) is 1. The topological polar surface area (TPSA) is 49.8 Å². The van der Waals surface area contributed by atoms with Crippen molar-refractivity contribution in [3.05, 3.63) is 39.5 Å². The first-order valence-corrected chi connectivity index (χ1v) is 6.54. The molecule has 1 aromatic heterocycles. The molecule has 2 rings (SSSR count). The summed E-state index contributed by atoms with van der Waals surface area (Å²) in [6.45, 7) is 1.92. The number of nitrogens with zero attached hydrogens (tertiary/aromatic N) is 1. The van der Waals surface area contributed by atoms with Crippen LogP contribution >= 0.6 is 22.9 Å². The van der Waals surface area contributed by atoms with Gasteiger partial charge in [0.05, 0.1) is 5.69 Å². The van der Waals surface area contributed by atoms with Crippen LogP contribution in [0.2, 0.25) is 5.02 Å². The predicted molar refractivity (Wildman–Crippen MR) is 73.2 cm³/mol. The molecule has 0 aliphatic heterocycles. The zero-order chi connectivity index (χ0) is 13.3. The Labute approximate surface area is 113 Å². The molecule has 0 aliphatic rings. The van der Waals surface area contributed by atoms with Crippen LogP contribution in [0.25, 0.3) is 10.4 Å². The molecule has 0 atom stereocenters. The van der Waals surface area contributed by atoms with Gasteiger partial charge in [0.2, 0.25) is 0 Å². The molecule has 1 aromatic carbocycles. The Balaban J connectivity index is 2.71.